The van der Waals surface area contributed by atoms with Crippen LogP contribution in [0.1, 0.15) is 40.2 Å². The molecule has 0 fully saturated rings. The zero-order chi connectivity index (χ0) is 21.8. The maximum atomic E-state index is 2.27. The van der Waals surface area contributed by atoms with Crippen LogP contribution in [-0.2, 0) is 6.42 Å². The van der Waals surface area contributed by atoms with Crippen molar-refractivity contribution in [2.24, 2.45) is 5.92 Å². The molecule has 1 heteroatoms. The minimum Gasteiger partial charge on any atom is -0.104 e. The van der Waals surface area contributed by atoms with E-state index in [1.54, 1.807) is 0 Å². The fraction of sp³-hybridized carbons (Fsp3) is 0.276. The topological polar surface area (TPSA) is 0 Å². The van der Waals surface area contributed by atoms with E-state index < -0.39 is 0 Å². The maximum absolute atomic E-state index is 2.27. The summed E-state index contributed by atoms with van der Waals surface area (Å²) in [6, 6.07) is 19.5. The molecule has 0 bridgehead atoms. The highest BCUT2D eigenvalue weighted by atomic mass is 31.1. The summed E-state index contributed by atoms with van der Waals surface area (Å²) in [4.78, 5) is 0. The van der Waals surface area contributed by atoms with Crippen molar-refractivity contribution in [2.75, 3.05) is 6.16 Å². The third-order valence-electron chi connectivity index (χ3n) is 5.36. The van der Waals surface area contributed by atoms with Gasteiger partial charge in [-0.15, -0.1) is 8.20 Å². The average Bonchev–Trinajstić information content (AvgIpc) is 2.78. The molecule has 0 saturated carbocycles. The van der Waals surface area contributed by atoms with E-state index in [2.05, 4.69) is 125 Å². The first-order valence-electron chi connectivity index (χ1n) is 10.8. The van der Waals surface area contributed by atoms with Crippen LogP contribution in [0.3, 0.4) is 0 Å². The minimum absolute atomic E-state index is 0.552. The predicted molar refractivity (Wildman–Crippen MR) is 139 cm³/mol. The molecule has 0 radical (unpaired) electrons. The number of hydrogen-bond donors (Lipinski definition) is 0. The zero-order valence-electron chi connectivity index (χ0n) is 19.1. The predicted octanol–water partition coefficient (Wildman–Crippen LogP) is 8.70. The fourth-order valence-corrected chi connectivity index (χ4v) is 3.68. The molecule has 156 valence electrons. The Kier molecular flexibility index (Phi) is 10.3. The van der Waals surface area contributed by atoms with Gasteiger partial charge >= 0.3 is 0 Å². The van der Waals surface area contributed by atoms with Crippen molar-refractivity contribution in [1.82, 2.24) is 0 Å². The first-order valence-corrected chi connectivity index (χ1v) is 12.0. The minimum atomic E-state index is 0.552. The molecule has 0 nitrogen and oxygen atoms in total. The molecule has 0 unspecified atom stereocenters. The number of hydrogen-bond acceptors (Lipinski definition) is 0. The van der Waals surface area contributed by atoms with Crippen LogP contribution < -0.4 is 0 Å². The lowest BCUT2D eigenvalue weighted by molar-refractivity contribution is 0.764. The van der Waals surface area contributed by atoms with E-state index in [-0.39, 0.29) is 0 Å². The monoisotopic (exact) mass is 414 g/mol. The van der Waals surface area contributed by atoms with Gasteiger partial charge in [0, 0.05) is 0 Å². The summed E-state index contributed by atoms with van der Waals surface area (Å²) in [5.41, 5.74) is 8.00. The first kappa shape index (κ1) is 23.8. The second-order valence-corrected chi connectivity index (χ2v) is 9.00. The highest BCUT2D eigenvalue weighted by Crippen LogP contribution is 2.20. The quantitative estimate of drug-likeness (QED) is 0.284. The van der Waals surface area contributed by atoms with E-state index >= 15 is 0 Å². The van der Waals surface area contributed by atoms with Crippen molar-refractivity contribution >= 4 is 14.0 Å². The Bertz CT molecular complexity index is 920. The molecule has 2 rings (SSSR count). The van der Waals surface area contributed by atoms with Crippen LogP contribution in [0.2, 0.25) is 0 Å². The van der Waals surface area contributed by atoms with Gasteiger partial charge in [0.2, 0.25) is 0 Å². The average molecular weight is 415 g/mol. The first-order chi connectivity index (χ1) is 14.5. The van der Waals surface area contributed by atoms with Gasteiger partial charge in [0.15, 0.2) is 0 Å². The highest BCUT2D eigenvalue weighted by Gasteiger charge is 2.01. The van der Waals surface area contributed by atoms with Crippen LogP contribution in [0, 0.1) is 5.92 Å². The van der Waals surface area contributed by atoms with Gasteiger partial charge in [0.05, 0.1) is 0 Å². The molecule has 30 heavy (non-hydrogen) atoms. The molecule has 0 spiro atoms. The van der Waals surface area contributed by atoms with Crippen LogP contribution in [0.25, 0.3) is 11.1 Å². The Hall–Kier alpha value is -2.43. The maximum Gasteiger partial charge on any atom is -0.00658 e. The second kappa shape index (κ2) is 13.0. The van der Waals surface area contributed by atoms with Crippen LogP contribution in [0.4, 0.5) is 0 Å². The number of benzene rings is 2. The molecule has 0 atom stereocenters. The van der Waals surface area contributed by atoms with E-state index in [1.165, 1.54) is 41.6 Å². The lowest BCUT2D eigenvalue weighted by atomic mass is 9.98. The van der Waals surface area contributed by atoms with Gasteiger partial charge in [-0.2, -0.15) is 0 Å². The van der Waals surface area contributed by atoms with Crippen LogP contribution in [0.15, 0.2) is 102 Å². The van der Waals surface area contributed by atoms with Crippen molar-refractivity contribution in [2.45, 2.75) is 41.0 Å². The number of aryl methyl sites for hydroxylation is 1. The van der Waals surface area contributed by atoms with Crippen molar-refractivity contribution in [3.8, 4) is 11.1 Å². The van der Waals surface area contributed by atoms with Crippen molar-refractivity contribution in [3.05, 3.63) is 107 Å². The molecule has 0 heterocycles. The lowest BCUT2D eigenvalue weighted by Gasteiger charge is -2.08. The Morgan fingerprint density at radius 1 is 0.867 bits per heavy atom. The number of allylic oxidation sites excluding steroid dienone is 8. The van der Waals surface area contributed by atoms with Gasteiger partial charge in [0.1, 0.15) is 0 Å². The zero-order valence-corrected chi connectivity index (χ0v) is 20.0. The Balaban J connectivity index is 1.92. The van der Waals surface area contributed by atoms with Crippen LogP contribution >= 0.6 is 8.20 Å². The molecule has 0 saturated heterocycles. The third-order valence-corrected chi connectivity index (χ3v) is 6.23. The molecule has 2 aromatic rings. The molecule has 0 aliphatic carbocycles. The van der Waals surface area contributed by atoms with Crippen molar-refractivity contribution in [1.29, 1.82) is 0 Å². The smallest absolute Gasteiger partial charge is 0.00658 e. The number of rotatable bonds is 9. The summed E-state index contributed by atoms with van der Waals surface area (Å²) < 4.78 is 0. The Morgan fingerprint density at radius 2 is 1.53 bits per heavy atom. The van der Waals surface area contributed by atoms with Crippen LogP contribution in [-0.4, -0.2) is 12.0 Å². The van der Waals surface area contributed by atoms with E-state index in [0.717, 1.165) is 12.6 Å². The van der Waals surface area contributed by atoms with Crippen molar-refractivity contribution < 1.29 is 0 Å². The summed E-state index contributed by atoms with van der Waals surface area (Å²) in [6.07, 6.45) is 13.3. The van der Waals surface area contributed by atoms with Crippen molar-refractivity contribution in [3.63, 3.8) is 0 Å². The second-order valence-electron chi connectivity index (χ2n) is 7.89. The summed E-state index contributed by atoms with van der Waals surface area (Å²) in [6.45, 7) is 11.0. The van der Waals surface area contributed by atoms with Gasteiger partial charge < -0.3 is 0 Å². The Morgan fingerprint density at radius 3 is 2.17 bits per heavy atom. The van der Waals surface area contributed by atoms with Gasteiger partial charge in [-0.25, -0.2) is 0 Å². The highest BCUT2D eigenvalue weighted by molar-refractivity contribution is 7.38. The summed E-state index contributed by atoms with van der Waals surface area (Å²) in [5.74, 6) is 2.82. The molecular formula is C29H35P. The summed E-state index contributed by atoms with van der Waals surface area (Å²) >= 11 is 0. The Labute approximate surface area is 185 Å². The standard InChI is InChI=1S/C29H35P/c1-6-24(4)14-17-27(25(5)23(2)3)13-10-21-30-22-20-26-15-18-29(19-16-26)28-11-8-7-9-12-28/h6-19,21,23H,20,22H2,1-5H3/b13-10+,17-14-,24-6+,27-25+. The molecule has 0 amide bonds. The molecular weight excluding hydrogens is 379 g/mol. The SMILES string of the molecule is C/C=C(C)/C=C\C(\C=C\C=PCCc1ccc(-c2ccccc2)cc1)=C(/C)C(C)C. The van der Waals surface area contributed by atoms with Gasteiger partial charge in [-0.3, -0.25) is 0 Å². The molecule has 2 aromatic carbocycles. The third kappa shape index (κ3) is 8.13. The molecule has 0 aromatic heterocycles. The van der Waals surface area contributed by atoms with Gasteiger partial charge in [0.25, 0.3) is 0 Å². The molecule has 0 aliphatic rings. The summed E-state index contributed by atoms with van der Waals surface area (Å²) in [7, 11) is 1.36. The lowest BCUT2D eigenvalue weighted by Crippen LogP contribution is -1.92. The largest absolute Gasteiger partial charge is 0.104 e. The van der Waals surface area contributed by atoms with E-state index in [0.29, 0.717) is 5.92 Å². The van der Waals surface area contributed by atoms with Crippen LogP contribution in [0.5, 0.6) is 0 Å². The van der Waals surface area contributed by atoms with E-state index in [1.807, 2.05) is 0 Å². The fourth-order valence-electron chi connectivity index (χ4n) is 2.94. The normalized spacial score (nSPS) is 13.7. The molecule has 0 N–H and O–H groups in total. The van der Waals surface area contributed by atoms with Gasteiger partial charge in [-0.1, -0.05) is 110 Å². The summed E-state index contributed by atoms with van der Waals surface area (Å²) in [5, 5.41) is 0. The molecule has 0 aliphatic heterocycles. The van der Waals surface area contributed by atoms with E-state index in [4.69, 9.17) is 0 Å². The van der Waals surface area contributed by atoms with E-state index in [9.17, 15) is 0 Å². The van der Waals surface area contributed by atoms with Gasteiger partial charge in [-0.05, 0) is 67.3 Å².